The number of hydrogen-bond acceptors (Lipinski definition) is 4. The number of alkyl carbamates (subject to hydrolysis) is 1. The molecule has 0 aliphatic rings. The Labute approximate surface area is 135 Å². The van der Waals surface area contributed by atoms with Crippen molar-refractivity contribution in [2.45, 2.75) is 19.1 Å². The lowest BCUT2D eigenvalue weighted by Gasteiger charge is -2.12. The molecule has 0 aliphatic heterocycles. The predicted octanol–water partition coefficient (Wildman–Crippen LogP) is 2.64. The molecule has 119 valence electrons. The molecule has 1 amide bonds. The Kier molecular flexibility index (Phi) is 6.17. The van der Waals surface area contributed by atoms with E-state index in [2.05, 4.69) is 5.32 Å². The Hall–Kier alpha value is -2.82. The first kappa shape index (κ1) is 16.5. The molecule has 0 bridgehead atoms. The quantitative estimate of drug-likeness (QED) is 0.853. The first-order valence-electron chi connectivity index (χ1n) is 7.19. The minimum Gasteiger partial charge on any atom is -0.497 e. The standard InChI is InChI=1S/C18H18NO4/c1-22-17-9-7-15(8-10-17)13-23-18(21)19-16(12-20)11-14-5-3-2-4-6-14/h2-10,16H,11,13H2,1H3,(H,19,21)/t16-/m0/s1. The van der Waals surface area contributed by atoms with Gasteiger partial charge in [0.15, 0.2) is 0 Å². The van der Waals surface area contributed by atoms with E-state index in [0.717, 1.165) is 16.9 Å². The maximum Gasteiger partial charge on any atom is 0.408 e. The maximum absolute atomic E-state index is 11.8. The van der Waals surface area contributed by atoms with E-state index >= 15 is 0 Å². The summed E-state index contributed by atoms with van der Waals surface area (Å²) in [7, 11) is 1.59. The van der Waals surface area contributed by atoms with Crippen molar-refractivity contribution in [3.05, 3.63) is 65.7 Å². The average molecular weight is 312 g/mol. The molecule has 0 aromatic heterocycles. The van der Waals surface area contributed by atoms with Gasteiger partial charge in [0.1, 0.15) is 18.4 Å². The van der Waals surface area contributed by atoms with Crippen molar-refractivity contribution in [3.63, 3.8) is 0 Å². The first-order chi connectivity index (χ1) is 11.2. The van der Waals surface area contributed by atoms with Crippen LogP contribution in [0.4, 0.5) is 4.79 Å². The van der Waals surface area contributed by atoms with Crippen molar-refractivity contribution in [3.8, 4) is 5.75 Å². The highest BCUT2D eigenvalue weighted by molar-refractivity contribution is 5.73. The lowest BCUT2D eigenvalue weighted by molar-refractivity contribution is 0.138. The SMILES string of the molecule is COc1ccc(COC(=O)N[C@H]([C]=O)Cc2ccccc2)cc1. The largest absolute Gasteiger partial charge is 0.497 e. The molecule has 1 N–H and O–H groups in total. The number of rotatable bonds is 7. The minimum atomic E-state index is -0.735. The summed E-state index contributed by atoms with van der Waals surface area (Å²) in [5.41, 5.74) is 1.77. The van der Waals surface area contributed by atoms with Crippen LogP contribution in [-0.4, -0.2) is 25.5 Å². The zero-order valence-corrected chi connectivity index (χ0v) is 12.8. The maximum atomic E-state index is 11.8. The average Bonchev–Trinajstić information content (AvgIpc) is 2.60. The van der Waals surface area contributed by atoms with E-state index in [1.807, 2.05) is 36.6 Å². The third-order valence-corrected chi connectivity index (χ3v) is 3.25. The Morgan fingerprint density at radius 3 is 2.39 bits per heavy atom. The van der Waals surface area contributed by atoms with Crippen molar-refractivity contribution >= 4 is 12.4 Å². The van der Waals surface area contributed by atoms with Gasteiger partial charge in [0.05, 0.1) is 7.11 Å². The van der Waals surface area contributed by atoms with E-state index in [9.17, 15) is 9.59 Å². The molecule has 0 saturated heterocycles. The number of carbonyl (C=O) groups excluding carboxylic acids is 2. The summed E-state index contributed by atoms with van der Waals surface area (Å²) >= 11 is 0. The van der Waals surface area contributed by atoms with Crippen LogP contribution in [0.5, 0.6) is 5.75 Å². The second-order valence-electron chi connectivity index (χ2n) is 4.93. The first-order valence-corrected chi connectivity index (χ1v) is 7.19. The van der Waals surface area contributed by atoms with Gasteiger partial charge in [0, 0.05) is 6.42 Å². The summed E-state index contributed by atoms with van der Waals surface area (Å²) in [6, 6.07) is 15.9. The Balaban J connectivity index is 1.81. The van der Waals surface area contributed by atoms with E-state index in [1.165, 1.54) is 0 Å². The lowest BCUT2D eigenvalue weighted by atomic mass is 10.1. The summed E-state index contributed by atoms with van der Waals surface area (Å²) in [5.74, 6) is 0.733. The van der Waals surface area contributed by atoms with Crippen LogP contribution in [0, 0.1) is 0 Å². The number of benzene rings is 2. The van der Waals surface area contributed by atoms with Gasteiger partial charge < -0.3 is 14.8 Å². The number of methoxy groups -OCH3 is 1. The van der Waals surface area contributed by atoms with Crippen molar-refractivity contribution in [2.75, 3.05) is 7.11 Å². The van der Waals surface area contributed by atoms with Crippen molar-refractivity contribution in [2.24, 2.45) is 0 Å². The third-order valence-electron chi connectivity index (χ3n) is 3.25. The van der Waals surface area contributed by atoms with Crippen LogP contribution in [0.3, 0.4) is 0 Å². The molecular formula is C18H18NO4. The van der Waals surface area contributed by atoms with Gasteiger partial charge in [-0.1, -0.05) is 42.5 Å². The van der Waals surface area contributed by atoms with Crippen molar-refractivity contribution in [1.29, 1.82) is 0 Å². The second kappa shape index (κ2) is 8.58. The summed E-state index contributed by atoms with van der Waals surface area (Å²) in [5, 5.41) is 2.50. The highest BCUT2D eigenvalue weighted by Gasteiger charge is 2.14. The molecule has 2 rings (SSSR count). The van der Waals surface area contributed by atoms with Gasteiger partial charge in [0.2, 0.25) is 6.29 Å². The van der Waals surface area contributed by atoms with Gasteiger partial charge in [-0.25, -0.2) is 4.79 Å². The van der Waals surface area contributed by atoms with Gasteiger partial charge in [-0.3, -0.25) is 4.79 Å². The van der Waals surface area contributed by atoms with E-state index < -0.39 is 12.1 Å². The zero-order valence-electron chi connectivity index (χ0n) is 12.8. The van der Waals surface area contributed by atoms with Crippen molar-refractivity contribution in [1.82, 2.24) is 5.32 Å². The van der Waals surface area contributed by atoms with Gasteiger partial charge in [-0.2, -0.15) is 0 Å². The molecule has 5 nitrogen and oxygen atoms in total. The van der Waals surface area contributed by atoms with Crippen LogP contribution in [0.2, 0.25) is 0 Å². The van der Waals surface area contributed by atoms with Gasteiger partial charge >= 0.3 is 6.09 Å². The lowest BCUT2D eigenvalue weighted by Crippen LogP contribution is -2.37. The molecule has 2 aromatic carbocycles. The van der Waals surface area contributed by atoms with Crippen LogP contribution in [-0.2, 0) is 22.6 Å². The van der Waals surface area contributed by atoms with E-state index in [4.69, 9.17) is 9.47 Å². The second-order valence-corrected chi connectivity index (χ2v) is 4.93. The highest BCUT2D eigenvalue weighted by Crippen LogP contribution is 2.12. The highest BCUT2D eigenvalue weighted by atomic mass is 16.5. The van der Waals surface area contributed by atoms with Crippen LogP contribution in [0.15, 0.2) is 54.6 Å². The Bertz CT molecular complexity index is 625. The van der Waals surface area contributed by atoms with Crippen LogP contribution >= 0.6 is 0 Å². The molecule has 1 radical (unpaired) electrons. The molecule has 23 heavy (non-hydrogen) atoms. The van der Waals surface area contributed by atoms with Gasteiger partial charge in [-0.15, -0.1) is 0 Å². The summed E-state index contributed by atoms with van der Waals surface area (Å²) in [6.45, 7) is 0.118. The predicted molar refractivity (Wildman–Crippen MR) is 85.9 cm³/mol. The number of carbonyl (C=O) groups is 1. The normalized spacial score (nSPS) is 11.3. The fraction of sp³-hybridized carbons (Fsp3) is 0.222. The van der Waals surface area contributed by atoms with E-state index in [0.29, 0.717) is 6.42 Å². The molecular weight excluding hydrogens is 294 g/mol. The smallest absolute Gasteiger partial charge is 0.408 e. The van der Waals surface area contributed by atoms with Crippen molar-refractivity contribution < 1.29 is 19.1 Å². The molecule has 5 heteroatoms. The Morgan fingerprint density at radius 1 is 1.09 bits per heavy atom. The number of hydrogen-bond donors (Lipinski definition) is 1. The van der Waals surface area contributed by atoms with Crippen LogP contribution in [0.1, 0.15) is 11.1 Å². The zero-order chi connectivity index (χ0) is 16.5. The minimum absolute atomic E-state index is 0.118. The number of ether oxygens (including phenoxy) is 2. The fourth-order valence-corrected chi connectivity index (χ4v) is 2.03. The molecule has 1 atom stereocenters. The number of amides is 1. The topological polar surface area (TPSA) is 64.6 Å². The molecule has 0 spiro atoms. The van der Waals surface area contributed by atoms with Gasteiger partial charge in [0.25, 0.3) is 0 Å². The molecule has 2 aromatic rings. The Morgan fingerprint density at radius 2 is 1.78 bits per heavy atom. The monoisotopic (exact) mass is 312 g/mol. The summed E-state index contributed by atoms with van der Waals surface area (Å²) in [4.78, 5) is 22.7. The van der Waals surface area contributed by atoms with E-state index in [1.54, 1.807) is 31.4 Å². The fourth-order valence-electron chi connectivity index (χ4n) is 2.03. The molecule has 0 unspecified atom stereocenters. The molecule has 0 aliphatic carbocycles. The molecule has 0 saturated carbocycles. The van der Waals surface area contributed by atoms with E-state index in [-0.39, 0.29) is 6.61 Å². The van der Waals surface area contributed by atoms with Gasteiger partial charge in [-0.05, 0) is 23.3 Å². The summed E-state index contributed by atoms with van der Waals surface area (Å²) in [6.07, 6.45) is 1.55. The number of nitrogens with one attached hydrogen (secondary N) is 1. The summed E-state index contributed by atoms with van der Waals surface area (Å²) < 4.78 is 10.2. The molecule has 0 fully saturated rings. The third kappa shape index (κ3) is 5.47. The van der Waals surface area contributed by atoms with Crippen LogP contribution in [0.25, 0.3) is 0 Å². The van der Waals surface area contributed by atoms with Crippen LogP contribution < -0.4 is 10.1 Å². The molecule has 0 heterocycles.